The first kappa shape index (κ1) is 16.1. The van der Waals surface area contributed by atoms with E-state index in [0.29, 0.717) is 6.04 Å². The number of benzene rings is 1. The van der Waals surface area contributed by atoms with Crippen molar-refractivity contribution in [1.82, 2.24) is 9.80 Å². The van der Waals surface area contributed by atoms with Gasteiger partial charge < -0.3 is 14.5 Å². The van der Waals surface area contributed by atoms with Gasteiger partial charge in [-0.1, -0.05) is 12.1 Å². The second kappa shape index (κ2) is 7.64. The summed E-state index contributed by atoms with van der Waals surface area (Å²) in [6, 6.07) is 8.15. The lowest BCUT2D eigenvalue weighted by Gasteiger charge is -2.27. The summed E-state index contributed by atoms with van der Waals surface area (Å²) in [5.74, 6) is 0.973. The first-order valence-corrected chi connectivity index (χ1v) is 8.61. The third-order valence-electron chi connectivity index (χ3n) is 4.86. The van der Waals surface area contributed by atoms with E-state index in [-0.39, 0.29) is 5.91 Å². The molecule has 2 aliphatic heterocycles. The summed E-state index contributed by atoms with van der Waals surface area (Å²) < 4.78 is 5.15. The molecular formula is C19H26N2O2. The summed E-state index contributed by atoms with van der Waals surface area (Å²) in [5.41, 5.74) is 1.02. The van der Waals surface area contributed by atoms with E-state index in [2.05, 4.69) is 9.80 Å². The third-order valence-corrected chi connectivity index (χ3v) is 4.86. The number of carbonyl (C=O) groups is 1. The number of methoxy groups -OCH3 is 1. The first-order chi connectivity index (χ1) is 11.3. The second-order valence-corrected chi connectivity index (χ2v) is 6.44. The van der Waals surface area contributed by atoms with Gasteiger partial charge in [0.15, 0.2) is 0 Å². The van der Waals surface area contributed by atoms with Crippen molar-refractivity contribution in [3.63, 3.8) is 0 Å². The molecule has 0 bridgehead atoms. The Labute approximate surface area is 138 Å². The van der Waals surface area contributed by atoms with Crippen LogP contribution in [0, 0.1) is 0 Å². The zero-order valence-corrected chi connectivity index (χ0v) is 13.9. The average molecular weight is 314 g/mol. The van der Waals surface area contributed by atoms with Gasteiger partial charge >= 0.3 is 0 Å². The van der Waals surface area contributed by atoms with Gasteiger partial charge in [0, 0.05) is 25.2 Å². The molecule has 0 aliphatic carbocycles. The molecule has 4 nitrogen and oxygen atoms in total. The number of likely N-dealkylation sites (tertiary alicyclic amines) is 2. The first-order valence-electron chi connectivity index (χ1n) is 8.61. The second-order valence-electron chi connectivity index (χ2n) is 6.44. The predicted octanol–water partition coefficient (Wildman–Crippen LogP) is 2.80. The minimum absolute atomic E-state index is 0.141. The van der Waals surface area contributed by atoms with Gasteiger partial charge in [-0.3, -0.25) is 4.79 Å². The number of amides is 1. The largest absolute Gasteiger partial charge is 0.497 e. The maximum absolute atomic E-state index is 12.5. The van der Waals surface area contributed by atoms with Gasteiger partial charge in [0.05, 0.1) is 7.11 Å². The summed E-state index contributed by atoms with van der Waals surface area (Å²) in [6.45, 7) is 4.33. The Bertz CT molecular complexity index is 547. The van der Waals surface area contributed by atoms with Crippen LogP contribution in [0.2, 0.25) is 0 Å². The zero-order valence-electron chi connectivity index (χ0n) is 13.9. The van der Waals surface area contributed by atoms with Crippen LogP contribution in [0.1, 0.15) is 31.2 Å². The smallest absolute Gasteiger partial charge is 0.246 e. The molecule has 1 amide bonds. The van der Waals surface area contributed by atoms with Gasteiger partial charge in [0.2, 0.25) is 5.91 Å². The van der Waals surface area contributed by atoms with Crippen LogP contribution in [-0.4, -0.2) is 55.0 Å². The van der Waals surface area contributed by atoms with Crippen molar-refractivity contribution in [2.24, 2.45) is 0 Å². The van der Waals surface area contributed by atoms with E-state index in [1.807, 2.05) is 30.3 Å². The highest BCUT2D eigenvalue weighted by Gasteiger charge is 2.29. The molecule has 0 aromatic heterocycles. The number of hydrogen-bond acceptors (Lipinski definition) is 3. The maximum atomic E-state index is 12.5. The molecule has 1 atom stereocenters. The van der Waals surface area contributed by atoms with Gasteiger partial charge in [-0.05, 0) is 62.5 Å². The quantitative estimate of drug-likeness (QED) is 0.784. The van der Waals surface area contributed by atoms with E-state index in [4.69, 9.17) is 4.74 Å². The summed E-state index contributed by atoms with van der Waals surface area (Å²) >= 11 is 0. The van der Waals surface area contributed by atoms with Crippen LogP contribution < -0.4 is 4.74 Å². The van der Waals surface area contributed by atoms with Crippen molar-refractivity contribution in [3.05, 3.63) is 35.9 Å². The van der Waals surface area contributed by atoms with Crippen LogP contribution in [0.4, 0.5) is 0 Å². The fraction of sp³-hybridized carbons (Fsp3) is 0.526. The molecule has 0 N–H and O–H groups in total. The fourth-order valence-electron chi connectivity index (χ4n) is 3.56. The van der Waals surface area contributed by atoms with Crippen molar-refractivity contribution in [2.75, 3.05) is 33.3 Å². The molecule has 0 radical (unpaired) electrons. The molecule has 3 rings (SSSR count). The monoisotopic (exact) mass is 314 g/mol. The molecule has 2 aliphatic rings. The van der Waals surface area contributed by atoms with Gasteiger partial charge in [-0.2, -0.15) is 0 Å². The maximum Gasteiger partial charge on any atom is 0.246 e. The summed E-state index contributed by atoms with van der Waals surface area (Å²) in [7, 11) is 1.66. The Morgan fingerprint density at radius 3 is 2.61 bits per heavy atom. The number of carbonyl (C=O) groups excluding carboxylic acids is 1. The van der Waals surface area contributed by atoms with Crippen LogP contribution in [0.15, 0.2) is 30.3 Å². The zero-order chi connectivity index (χ0) is 16.1. The molecular weight excluding hydrogens is 288 g/mol. The Balaban J connectivity index is 1.58. The topological polar surface area (TPSA) is 32.8 Å². The highest BCUT2D eigenvalue weighted by atomic mass is 16.5. The van der Waals surface area contributed by atoms with E-state index >= 15 is 0 Å². The lowest BCUT2D eigenvalue weighted by atomic mass is 10.2. The Morgan fingerprint density at radius 1 is 1.17 bits per heavy atom. The van der Waals surface area contributed by atoms with Crippen molar-refractivity contribution >= 4 is 12.0 Å². The van der Waals surface area contributed by atoms with Gasteiger partial charge in [-0.25, -0.2) is 0 Å². The highest BCUT2D eigenvalue weighted by molar-refractivity contribution is 5.92. The number of nitrogens with zero attached hydrogens (tertiary/aromatic N) is 2. The van der Waals surface area contributed by atoms with Crippen LogP contribution in [0.5, 0.6) is 5.75 Å². The molecule has 0 unspecified atom stereocenters. The van der Waals surface area contributed by atoms with Crippen molar-refractivity contribution in [3.8, 4) is 5.75 Å². The summed E-state index contributed by atoms with van der Waals surface area (Å²) in [5, 5.41) is 0. The van der Waals surface area contributed by atoms with Crippen LogP contribution in [0.3, 0.4) is 0 Å². The summed E-state index contributed by atoms with van der Waals surface area (Å²) in [4.78, 5) is 17.1. The molecule has 124 valence electrons. The lowest BCUT2D eigenvalue weighted by molar-refractivity contribution is -0.127. The van der Waals surface area contributed by atoms with E-state index in [1.54, 1.807) is 13.2 Å². The Morgan fingerprint density at radius 2 is 1.91 bits per heavy atom. The number of ether oxygens (including phenoxy) is 1. The molecule has 2 heterocycles. The van der Waals surface area contributed by atoms with Gasteiger partial charge in [0.25, 0.3) is 0 Å². The minimum Gasteiger partial charge on any atom is -0.497 e. The Kier molecular flexibility index (Phi) is 5.34. The molecule has 2 saturated heterocycles. The highest BCUT2D eigenvalue weighted by Crippen LogP contribution is 2.21. The average Bonchev–Trinajstić information content (AvgIpc) is 3.25. The lowest BCUT2D eigenvalue weighted by Crippen LogP contribution is -2.41. The number of rotatable bonds is 5. The Hall–Kier alpha value is -1.81. The fourth-order valence-corrected chi connectivity index (χ4v) is 3.56. The van der Waals surface area contributed by atoms with E-state index in [1.165, 1.54) is 25.9 Å². The molecule has 1 aromatic carbocycles. The van der Waals surface area contributed by atoms with Crippen molar-refractivity contribution in [1.29, 1.82) is 0 Å². The minimum atomic E-state index is 0.141. The molecule has 0 saturated carbocycles. The van der Waals surface area contributed by atoms with Crippen LogP contribution in [0.25, 0.3) is 6.08 Å². The summed E-state index contributed by atoms with van der Waals surface area (Å²) in [6.07, 6.45) is 8.48. The van der Waals surface area contributed by atoms with E-state index in [9.17, 15) is 4.79 Å². The van der Waals surface area contributed by atoms with Crippen molar-refractivity contribution in [2.45, 2.75) is 31.7 Å². The third kappa shape index (κ3) is 4.14. The SMILES string of the molecule is COc1ccc(/C=C/C(=O)N2CCC[C@H]2CN2CCCC2)cc1. The van der Waals surface area contributed by atoms with E-state index in [0.717, 1.165) is 37.2 Å². The predicted molar refractivity (Wildman–Crippen MR) is 92.4 cm³/mol. The van der Waals surface area contributed by atoms with Gasteiger partial charge in [0.1, 0.15) is 5.75 Å². The molecule has 23 heavy (non-hydrogen) atoms. The van der Waals surface area contributed by atoms with Crippen molar-refractivity contribution < 1.29 is 9.53 Å². The van der Waals surface area contributed by atoms with Gasteiger partial charge in [-0.15, -0.1) is 0 Å². The normalized spacial score (nSPS) is 22.1. The molecule has 4 heteroatoms. The van der Waals surface area contributed by atoms with E-state index < -0.39 is 0 Å². The molecule has 0 spiro atoms. The van der Waals surface area contributed by atoms with Crippen LogP contribution in [-0.2, 0) is 4.79 Å². The van der Waals surface area contributed by atoms with Crippen LogP contribution >= 0.6 is 0 Å². The molecule has 1 aromatic rings. The number of hydrogen-bond donors (Lipinski definition) is 0. The standard InChI is InChI=1S/C19H26N2O2/c1-23-18-9-6-16(7-10-18)8-11-19(22)21-14-4-5-17(21)15-20-12-2-3-13-20/h6-11,17H,2-5,12-15H2,1H3/b11-8+/t17-/m0/s1. The molecule has 2 fully saturated rings.